The summed E-state index contributed by atoms with van der Waals surface area (Å²) in [5, 5.41) is -0.270. The Kier molecular flexibility index (Phi) is 8.32. The van der Waals surface area contributed by atoms with Crippen LogP contribution in [0.15, 0.2) is 30.3 Å². The number of benzene rings is 1. The second-order valence-electron chi connectivity index (χ2n) is 6.09. The number of hydrogen-bond acceptors (Lipinski definition) is 3. The third kappa shape index (κ3) is 4.65. The topological polar surface area (TPSA) is 27.7 Å². The van der Waals surface area contributed by atoms with Gasteiger partial charge in [-0.1, -0.05) is 65.0 Å². The van der Waals surface area contributed by atoms with Crippen molar-refractivity contribution in [3.63, 3.8) is 0 Å². The van der Waals surface area contributed by atoms with Crippen molar-refractivity contribution in [2.24, 2.45) is 0 Å². The molecule has 0 heterocycles. The molecule has 3 nitrogen and oxygen atoms in total. The molecule has 0 amide bonds. The number of rotatable bonds is 11. The molecule has 0 bridgehead atoms. The van der Waals surface area contributed by atoms with Gasteiger partial charge in [0.2, 0.25) is 0 Å². The summed E-state index contributed by atoms with van der Waals surface area (Å²) in [5.74, 6) is 0. The van der Waals surface area contributed by atoms with Gasteiger partial charge in [0, 0.05) is 19.8 Å². The molecule has 4 heteroatoms. The first-order chi connectivity index (χ1) is 10.5. The van der Waals surface area contributed by atoms with Gasteiger partial charge in [-0.15, -0.1) is 0 Å². The monoisotopic (exact) mass is 324 g/mol. The van der Waals surface area contributed by atoms with Gasteiger partial charge in [-0.05, 0) is 24.8 Å². The van der Waals surface area contributed by atoms with Gasteiger partial charge in [0.15, 0.2) is 0 Å². The van der Waals surface area contributed by atoms with Gasteiger partial charge >= 0.3 is 8.80 Å². The van der Waals surface area contributed by atoms with E-state index in [9.17, 15) is 0 Å². The van der Waals surface area contributed by atoms with Gasteiger partial charge in [0.05, 0.1) is 5.04 Å². The highest BCUT2D eigenvalue weighted by molar-refractivity contribution is 6.64. The quantitative estimate of drug-likeness (QED) is 0.551. The van der Waals surface area contributed by atoms with Crippen LogP contribution in [0, 0.1) is 0 Å². The fourth-order valence-electron chi connectivity index (χ4n) is 2.41. The Morgan fingerprint density at radius 3 is 1.55 bits per heavy atom. The summed E-state index contributed by atoms with van der Waals surface area (Å²) < 4.78 is 18.9. The van der Waals surface area contributed by atoms with E-state index in [1.54, 1.807) is 0 Å². The van der Waals surface area contributed by atoms with Crippen LogP contribution in [0.25, 0.3) is 0 Å². The molecule has 0 spiro atoms. The molecule has 22 heavy (non-hydrogen) atoms. The summed E-state index contributed by atoms with van der Waals surface area (Å²) in [5.41, 5.74) is 1.21. The summed E-state index contributed by atoms with van der Waals surface area (Å²) in [6.07, 6.45) is 2.89. The van der Waals surface area contributed by atoms with Crippen LogP contribution in [-0.2, 0) is 18.3 Å². The average molecular weight is 325 g/mol. The average Bonchev–Trinajstić information content (AvgIpc) is 2.55. The first kappa shape index (κ1) is 19.4. The largest absolute Gasteiger partial charge is 0.511 e. The Balaban J connectivity index is 3.17. The summed E-state index contributed by atoms with van der Waals surface area (Å²) in [7, 11) is -2.83. The fourth-order valence-corrected chi connectivity index (χ4v) is 5.68. The van der Waals surface area contributed by atoms with Crippen molar-refractivity contribution < 1.29 is 13.3 Å². The molecule has 0 aliphatic heterocycles. The van der Waals surface area contributed by atoms with Crippen LogP contribution < -0.4 is 0 Å². The molecule has 0 unspecified atom stereocenters. The molecule has 0 aliphatic rings. The summed E-state index contributed by atoms with van der Waals surface area (Å²) in [4.78, 5) is 0. The maximum Gasteiger partial charge on any atom is 0.511 e. The van der Waals surface area contributed by atoms with Crippen molar-refractivity contribution >= 4 is 8.80 Å². The zero-order valence-corrected chi connectivity index (χ0v) is 15.9. The molecule has 0 aromatic heterocycles. The minimum atomic E-state index is -2.83. The molecule has 0 N–H and O–H groups in total. The lowest BCUT2D eigenvalue weighted by Crippen LogP contribution is -2.61. The summed E-state index contributed by atoms with van der Waals surface area (Å²) >= 11 is 0. The first-order valence-electron chi connectivity index (χ1n) is 8.51. The van der Waals surface area contributed by atoms with Gasteiger partial charge < -0.3 is 13.3 Å². The van der Waals surface area contributed by atoms with E-state index in [4.69, 9.17) is 13.3 Å². The molecule has 1 aromatic carbocycles. The molecular weight excluding hydrogens is 292 g/mol. The van der Waals surface area contributed by atoms with E-state index in [0.717, 1.165) is 19.3 Å². The van der Waals surface area contributed by atoms with Crippen molar-refractivity contribution in [3.8, 4) is 0 Å². The Bertz CT molecular complexity index is 384. The van der Waals surface area contributed by atoms with Gasteiger partial charge in [-0.2, -0.15) is 0 Å². The van der Waals surface area contributed by atoms with E-state index >= 15 is 0 Å². The highest BCUT2D eigenvalue weighted by Crippen LogP contribution is 2.36. The van der Waals surface area contributed by atoms with E-state index in [0.29, 0.717) is 19.8 Å². The Morgan fingerprint density at radius 2 is 1.18 bits per heavy atom. The van der Waals surface area contributed by atoms with Crippen molar-refractivity contribution in [1.29, 1.82) is 0 Å². The lowest BCUT2D eigenvalue weighted by Gasteiger charge is -2.41. The lowest BCUT2D eigenvalue weighted by molar-refractivity contribution is 0.0383. The summed E-state index contributed by atoms with van der Waals surface area (Å²) in [6, 6.07) is 10.4. The smallest absolute Gasteiger partial charge is 0.373 e. The normalized spacial score (nSPS) is 12.6. The Morgan fingerprint density at radius 1 is 0.773 bits per heavy atom. The second kappa shape index (κ2) is 9.45. The fraction of sp³-hybridized carbons (Fsp3) is 0.667. The Hall–Kier alpha value is -0.683. The van der Waals surface area contributed by atoms with Crippen molar-refractivity contribution in [1.82, 2.24) is 0 Å². The predicted octanol–water partition coefficient (Wildman–Crippen LogP) is 4.72. The van der Waals surface area contributed by atoms with Gasteiger partial charge in [-0.25, -0.2) is 0 Å². The van der Waals surface area contributed by atoms with Crippen LogP contribution in [-0.4, -0.2) is 28.6 Å². The molecule has 0 atom stereocenters. The summed E-state index contributed by atoms with van der Waals surface area (Å²) in [6.45, 7) is 12.8. The van der Waals surface area contributed by atoms with E-state index in [1.807, 2.05) is 6.07 Å². The van der Waals surface area contributed by atoms with Crippen LogP contribution in [0.5, 0.6) is 0 Å². The van der Waals surface area contributed by atoms with Crippen molar-refractivity contribution in [2.75, 3.05) is 19.8 Å². The molecule has 1 aromatic rings. The third-order valence-corrected chi connectivity index (χ3v) is 7.32. The molecule has 0 radical (unpaired) electrons. The van der Waals surface area contributed by atoms with Crippen LogP contribution in [0.3, 0.4) is 0 Å². The van der Waals surface area contributed by atoms with Crippen LogP contribution in [0.2, 0.25) is 0 Å². The lowest BCUT2D eigenvalue weighted by atomic mass is 10.0. The molecular formula is C18H32O3Si. The molecule has 0 fully saturated rings. The van der Waals surface area contributed by atoms with E-state index in [1.165, 1.54) is 5.56 Å². The van der Waals surface area contributed by atoms with E-state index in [2.05, 4.69) is 58.9 Å². The van der Waals surface area contributed by atoms with Crippen LogP contribution >= 0.6 is 0 Å². The predicted molar refractivity (Wildman–Crippen MR) is 94.0 cm³/mol. The first-order valence-corrected chi connectivity index (χ1v) is 10.2. The van der Waals surface area contributed by atoms with Crippen molar-refractivity contribution in [2.45, 2.75) is 58.9 Å². The van der Waals surface area contributed by atoms with Crippen molar-refractivity contribution in [3.05, 3.63) is 35.9 Å². The second-order valence-corrected chi connectivity index (χ2v) is 9.32. The van der Waals surface area contributed by atoms with Gasteiger partial charge in [0.1, 0.15) is 0 Å². The third-order valence-electron chi connectivity index (χ3n) is 3.75. The SMILES string of the molecule is CCCO[Si](OCCC)(OCCC)C(C)(C)c1ccccc1. The minimum Gasteiger partial charge on any atom is -0.373 e. The molecule has 0 aliphatic carbocycles. The maximum absolute atomic E-state index is 6.30. The zero-order valence-electron chi connectivity index (χ0n) is 14.9. The molecule has 0 saturated carbocycles. The van der Waals surface area contributed by atoms with Crippen LogP contribution in [0.1, 0.15) is 59.4 Å². The molecule has 1 rings (SSSR count). The van der Waals surface area contributed by atoms with Crippen LogP contribution in [0.4, 0.5) is 0 Å². The Labute approximate surface area is 137 Å². The maximum atomic E-state index is 6.30. The highest BCUT2D eigenvalue weighted by atomic mass is 28.4. The van der Waals surface area contributed by atoms with E-state index in [-0.39, 0.29) is 5.04 Å². The van der Waals surface area contributed by atoms with Gasteiger partial charge in [-0.3, -0.25) is 0 Å². The van der Waals surface area contributed by atoms with Gasteiger partial charge in [0.25, 0.3) is 0 Å². The minimum absolute atomic E-state index is 0.270. The highest BCUT2D eigenvalue weighted by Gasteiger charge is 2.56. The number of hydrogen-bond donors (Lipinski definition) is 0. The standard InChI is InChI=1S/C18H32O3Si/c1-6-14-19-22(20-15-7-2,21-16-8-3)18(4,5)17-12-10-9-11-13-17/h9-13H,6-8,14-16H2,1-5H3. The van der Waals surface area contributed by atoms with E-state index < -0.39 is 8.80 Å². The zero-order chi connectivity index (χ0) is 16.5. The molecule has 126 valence electrons. The molecule has 0 saturated heterocycles.